The summed E-state index contributed by atoms with van der Waals surface area (Å²) in [5, 5.41) is 6.83. The van der Waals surface area contributed by atoms with Crippen molar-refractivity contribution >= 4 is 57.4 Å². The van der Waals surface area contributed by atoms with E-state index in [1.54, 1.807) is 24.3 Å². The predicted octanol–water partition coefficient (Wildman–Crippen LogP) is 4.70. The van der Waals surface area contributed by atoms with Crippen LogP contribution in [-0.4, -0.2) is 15.7 Å². The van der Waals surface area contributed by atoms with Gasteiger partial charge in [-0.1, -0.05) is 23.2 Å². The highest BCUT2D eigenvalue weighted by molar-refractivity contribution is 14.1. The molecule has 1 N–H and O–H groups in total. The standard InChI is InChI=1S/C18H12Cl2IN3O2/c1-10-8-12(21)4-7-15(10)23-17(25)11-2-5-13(6-3-11)24-18(26)16(20)14(19)9-22-24/h2-9H,1H3,(H,23,25). The monoisotopic (exact) mass is 499 g/mol. The third-order valence-corrected chi connectivity index (χ3v) is 5.11. The molecule has 26 heavy (non-hydrogen) atoms. The Balaban J connectivity index is 1.84. The molecule has 2 aromatic carbocycles. The molecule has 1 heterocycles. The van der Waals surface area contributed by atoms with E-state index in [1.807, 2.05) is 25.1 Å². The molecular formula is C18H12Cl2IN3O2. The maximum absolute atomic E-state index is 12.4. The summed E-state index contributed by atoms with van der Waals surface area (Å²) >= 11 is 13.9. The van der Waals surface area contributed by atoms with Gasteiger partial charge in [0.05, 0.1) is 16.9 Å². The van der Waals surface area contributed by atoms with Crippen LogP contribution in [0.1, 0.15) is 15.9 Å². The first-order valence-electron chi connectivity index (χ1n) is 7.48. The minimum absolute atomic E-state index is 0.0943. The molecule has 0 aliphatic rings. The molecule has 0 bridgehead atoms. The zero-order valence-corrected chi connectivity index (χ0v) is 17.1. The van der Waals surface area contributed by atoms with Crippen LogP contribution < -0.4 is 10.9 Å². The van der Waals surface area contributed by atoms with Gasteiger partial charge in [-0.2, -0.15) is 9.78 Å². The molecule has 1 aromatic heterocycles. The molecule has 1 amide bonds. The maximum atomic E-state index is 12.4. The van der Waals surface area contributed by atoms with Crippen LogP contribution in [0.5, 0.6) is 0 Å². The number of nitrogens with one attached hydrogen (secondary N) is 1. The lowest BCUT2D eigenvalue weighted by atomic mass is 10.1. The zero-order chi connectivity index (χ0) is 18.8. The Kier molecular flexibility index (Phi) is 5.64. The molecule has 8 heteroatoms. The van der Waals surface area contributed by atoms with Gasteiger partial charge in [-0.05, 0) is 77.5 Å². The molecule has 0 aliphatic heterocycles. The minimum atomic E-state index is -0.522. The number of hydrogen-bond acceptors (Lipinski definition) is 3. The third kappa shape index (κ3) is 3.92. The number of benzene rings is 2. The number of aromatic nitrogens is 2. The second-order valence-corrected chi connectivity index (χ2v) is 7.51. The molecule has 0 fully saturated rings. The molecule has 0 atom stereocenters. The number of amides is 1. The Hall–Kier alpha value is -1.90. The summed E-state index contributed by atoms with van der Waals surface area (Å²) in [7, 11) is 0. The first kappa shape index (κ1) is 18.9. The van der Waals surface area contributed by atoms with Crippen molar-refractivity contribution in [2.75, 3.05) is 5.32 Å². The quantitative estimate of drug-likeness (QED) is 0.531. The normalized spacial score (nSPS) is 10.6. The molecule has 0 saturated carbocycles. The summed E-state index contributed by atoms with van der Waals surface area (Å²) in [4.78, 5) is 24.5. The molecular weight excluding hydrogens is 488 g/mol. The van der Waals surface area contributed by atoms with Gasteiger partial charge < -0.3 is 5.32 Å². The Morgan fingerprint density at radius 1 is 1.15 bits per heavy atom. The van der Waals surface area contributed by atoms with Crippen molar-refractivity contribution in [1.29, 1.82) is 0 Å². The Morgan fingerprint density at radius 3 is 2.50 bits per heavy atom. The van der Waals surface area contributed by atoms with Crippen LogP contribution in [0.3, 0.4) is 0 Å². The van der Waals surface area contributed by atoms with Gasteiger partial charge in [-0.15, -0.1) is 0 Å². The summed E-state index contributed by atoms with van der Waals surface area (Å²) in [6.07, 6.45) is 1.30. The van der Waals surface area contributed by atoms with Crippen molar-refractivity contribution in [2.24, 2.45) is 0 Å². The van der Waals surface area contributed by atoms with Crippen LogP contribution in [-0.2, 0) is 0 Å². The molecule has 3 rings (SSSR count). The van der Waals surface area contributed by atoms with Gasteiger partial charge in [-0.3, -0.25) is 9.59 Å². The van der Waals surface area contributed by atoms with E-state index in [4.69, 9.17) is 23.2 Å². The van der Waals surface area contributed by atoms with Crippen LogP contribution in [0.25, 0.3) is 5.69 Å². The molecule has 5 nitrogen and oxygen atoms in total. The first-order chi connectivity index (χ1) is 12.4. The number of carbonyl (C=O) groups excluding carboxylic acids is 1. The van der Waals surface area contributed by atoms with E-state index < -0.39 is 5.56 Å². The molecule has 132 valence electrons. The van der Waals surface area contributed by atoms with Crippen LogP contribution >= 0.6 is 45.8 Å². The lowest BCUT2D eigenvalue weighted by molar-refractivity contribution is 0.102. The number of carbonyl (C=O) groups is 1. The SMILES string of the molecule is Cc1cc(I)ccc1NC(=O)c1ccc(-n2ncc(Cl)c(Cl)c2=O)cc1. The lowest BCUT2D eigenvalue weighted by Gasteiger charge is -2.10. The topological polar surface area (TPSA) is 64.0 Å². The Morgan fingerprint density at radius 2 is 1.85 bits per heavy atom. The molecule has 0 saturated heterocycles. The molecule has 3 aromatic rings. The van der Waals surface area contributed by atoms with E-state index in [1.165, 1.54) is 6.20 Å². The van der Waals surface area contributed by atoms with Crippen LogP contribution in [0, 0.1) is 10.5 Å². The van der Waals surface area contributed by atoms with E-state index in [-0.39, 0.29) is 16.0 Å². The van der Waals surface area contributed by atoms with Crippen molar-refractivity contribution in [3.05, 3.63) is 83.8 Å². The first-order valence-corrected chi connectivity index (χ1v) is 9.31. The maximum Gasteiger partial charge on any atom is 0.291 e. The number of halogens is 3. The van der Waals surface area contributed by atoms with Gasteiger partial charge in [0.15, 0.2) is 0 Å². The highest BCUT2D eigenvalue weighted by atomic mass is 127. The van der Waals surface area contributed by atoms with Crippen LogP contribution in [0.2, 0.25) is 10.0 Å². The number of rotatable bonds is 3. The fourth-order valence-corrected chi connectivity index (χ4v) is 3.21. The number of hydrogen-bond donors (Lipinski definition) is 1. The molecule has 0 spiro atoms. The average molecular weight is 500 g/mol. The van der Waals surface area contributed by atoms with E-state index in [2.05, 4.69) is 33.0 Å². The van der Waals surface area contributed by atoms with Crippen LogP contribution in [0.15, 0.2) is 53.5 Å². The smallest absolute Gasteiger partial charge is 0.291 e. The minimum Gasteiger partial charge on any atom is -0.322 e. The number of nitrogens with zero attached hydrogens (tertiary/aromatic N) is 2. The fraction of sp³-hybridized carbons (Fsp3) is 0.0556. The summed E-state index contributed by atoms with van der Waals surface area (Å²) in [5.74, 6) is -0.240. The predicted molar refractivity (Wildman–Crippen MR) is 112 cm³/mol. The van der Waals surface area contributed by atoms with Gasteiger partial charge in [0, 0.05) is 14.8 Å². The summed E-state index contributed by atoms with van der Waals surface area (Å²) in [6, 6.07) is 12.2. The fourth-order valence-electron chi connectivity index (χ4n) is 2.31. The second kappa shape index (κ2) is 7.77. The van der Waals surface area contributed by atoms with E-state index >= 15 is 0 Å². The average Bonchev–Trinajstić information content (AvgIpc) is 2.62. The van der Waals surface area contributed by atoms with Crippen molar-refractivity contribution in [2.45, 2.75) is 6.92 Å². The molecule has 0 aliphatic carbocycles. The molecule has 0 unspecified atom stereocenters. The van der Waals surface area contributed by atoms with Crippen molar-refractivity contribution < 1.29 is 4.79 Å². The van der Waals surface area contributed by atoms with Crippen molar-refractivity contribution in [3.8, 4) is 5.69 Å². The largest absolute Gasteiger partial charge is 0.322 e. The lowest BCUT2D eigenvalue weighted by Crippen LogP contribution is -2.21. The van der Waals surface area contributed by atoms with Gasteiger partial charge in [0.2, 0.25) is 0 Å². The zero-order valence-electron chi connectivity index (χ0n) is 13.5. The van der Waals surface area contributed by atoms with Gasteiger partial charge >= 0.3 is 0 Å². The Bertz CT molecular complexity index is 1050. The van der Waals surface area contributed by atoms with Crippen molar-refractivity contribution in [1.82, 2.24) is 9.78 Å². The van der Waals surface area contributed by atoms with E-state index in [0.717, 1.165) is 19.5 Å². The summed E-state index contributed by atoms with van der Waals surface area (Å²) in [5.41, 5.74) is 2.15. The second-order valence-electron chi connectivity index (χ2n) is 5.48. The van der Waals surface area contributed by atoms with E-state index in [0.29, 0.717) is 11.3 Å². The highest BCUT2D eigenvalue weighted by Gasteiger charge is 2.11. The van der Waals surface area contributed by atoms with Crippen LogP contribution in [0.4, 0.5) is 5.69 Å². The van der Waals surface area contributed by atoms with Gasteiger partial charge in [0.1, 0.15) is 5.02 Å². The highest BCUT2D eigenvalue weighted by Crippen LogP contribution is 2.19. The number of anilines is 1. The van der Waals surface area contributed by atoms with Gasteiger partial charge in [0.25, 0.3) is 11.5 Å². The van der Waals surface area contributed by atoms with E-state index in [9.17, 15) is 9.59 Å². The third-order valence-electron chi connectivity index (χ3n) is 3.69. The van der Waals surface area contributed by atoms with Gasteiger partial charge in [-0.25, -0.2) is 0 Å². The van der Waals surface area contributed by atoms with Crippen molar-refractivity contribution in [3.63, 3.8) is 0 Å². The summed E-state index contributed by atoms with van der Waals surface area (Å²) < 4.78 is 2.22. The number of aryl methyl sites for hydroxylation is 1. The molecule has 0 radical (unpaired) electrons. The summed E-state index contributed by atoms with van der Waals surface area (Å²) in [6.45, 7) is 1.93. The Labute approximate surface area is 173 Å².